The topological polar surface area (TPSA) is 45.8 Å². The second-order valence-electron chi connectivity index (χ2n) is 5.99. The molecule has 100 valence electrons. The highest BCUT2D eigenvalue weighted by Gasteiger charge is 2.17. The number of aromatic amines is 1. The van der Waals surface area contributed by atoms with Gasteiger partial charge in [0.1, 0.15) is 5.82 Å². The van der Waals surface area contributed by atoms with Crippen molar-refractivity contribution in [1.29, 1.82) is 0 Å². The van der Waals surface area contributed by atoms with Crippen LogP contribution in [0.25, 0.3) is 0 Å². The van der Waals surface area contributed by atoms with Gasteiger partial charge in [-0.1, -0.05) is 50.6 Å². The van der Waals surface area contributed by atoms with Crippen LogP contribution >= 0.6 is 0 Å². The monoisotopic (exact) mass is 256 g/mol. The summed E-state index contributed by atoms with van der Waals surface area (Å²) in [5.41, 5.74) is 3.02. The Kier molecular flexibility index (Phi) is 3.56. The molecule has 0 radical (unpaired) electrons. The van der Waals surface area contributed by atoms with E-state index in [0.29, 0.717) is 6.42 Å². The van der Waals surface area contributed by atoms with E-state index in [0.717, 1.165) is 17.1 Å². The normalized spacial score (nSPS) is 11.6. The summed E-state index contributed by atoms with van der Waals surface area (Å²) in [5.74, 6) is 0.723. The van der Waals surface area contributed by atoms with Gasteiger partial charge in [-0.25, -0.2) is 4.98 Å². The predicted molar refractivity (Wildman–Crippen MR) is 77.5 cm³/mol. The van der Waals surface area contributed by atoms with Crippen LogP contribution in [0.3, 0.4) is 0 Å². The van der Waals surface area contributed by atoms with E-state index < -0.39 is 0 Å². The van der Waals surface area contributed by atoms with E-state index in [1.54, 1.807) is 6.07 Å². The summed E-state index contributed by atoms with van der Waals surface area (Å²) in [4.78, 5) is 19.1. The minimum atomic E-state index is -0.115. The van der Waals surface area contributed by atoms with E-state index in [4.69, 9.17) is 0 Å². The highest BCUT2D eigenvalue weighted by Crippen LogP contribution is 2.18. The fraction of sp³-hybridized carbons (Fsp3) is 0.375. The van der Waals surface area contributed by atoms with Crippen LogP contribution in [0.4, 0.5) is 0 Å². The molecule has 0 spiro atoms. The average molecular weight is 256 g/mol. The van der Waals surface area contributed by atoms with Crippen LogP contribution in [0.2, 0.25) is 0 Å². The lowest BCUT2D eigenvalue weighted by Gasteiger charge is -2.17. The maximum Gasteiger partial charge on any atom is 0.251 e. The molecule has 19 heavy (non-hydrogen) atoms. The molecule has 0 saturated heterocycles. The van der Waals surface area contributed by atoms with Gasteiger partial charge >= 0.3 is 0 Å². The summed E-state index contributed by atoms with van der Waals surface area (Å²) in [6, 6.07) is 9.86. The van der Waals surface area contributed by atoms with Gasteiger partial charge in [0.2, 0.25) is 0 Å². The third kappa shape index (κ3) is 3.53. The molecule has 0 amide bonds. The van der Waals surface area contributed by atoms with Crippen molar-refractivity contribution in [2.45, 2.75) is 39.5 Å². The van der Waals surface area contributed by atoms with Crippen molar-refractivity contribution in [2.24, 2.45) is 0 Å². The molecule has 0 unspecified atom stereocenters. The summed E-state index contributed by atoms with van der Waals surface area (Å²) < 4.78 is 0. The van der Waals surface area contributed by atoms with Crippen molar-refractivity contribution in [2.75, 3.05) is 0 Å². The van der Waals surface area contributed by atoms with E-state index in [-0.39, 0.29) is 11.0 Å². The fourth-order valence-corrected chi connectivity index (χ4v) is 1.88. The van der Waals surface area contributed by atoms with Gasteiger partial charge in [0.25, 0.3) is 5.56 Å². The van der Waals surface area contributed by atoms with Crippen molar-refractivity contribution in [3.05, 3.63) is 63.3 Å². The minimum Gasteiger partial charge on any atom is -0.310 e. The van der Waals surface area contributed by atoms with Gasteiger partial charge < -0.3 is 4.98 Å². The number of aryl methyl sites for hydroxylation is 1. The van der Waals surface area contributed by atoms with Crippen LogP contribution < -0.4 is 5.56 Å². The van der Waals surface area contributed by atoms with Gasteiger partial charge in [0, 0.05) is 17.9 Å². The molecule has 1 N–H and O–H groups in total. The minimum absolute atomic E-state index is 0.0814. The maximum absolute atomic E-state index is 11.7. The van der Waals surface area contributed by atoms with Crippen molar-refractivity contribution in [3.63, 3.8) is 0 Å². The van der Waals surface area contributed by atoms with Gasteiger partial charge in [-0.15, -0.1) is 0 Å². The molecule has 0 aliphatic heterocycles. The molecule has 0 atom stereocenters. The number of nitrogens with zero attached hydrogens (tertiary/aromatic N) is 1. The first-order chi connectivity index (χ1) is 8.84. The van der Waals surface area contributed by atoms with Gasteiger partial charge in [-0.2, -0.15) is 0 Å². The number of nitrogens with one attached hydrogen (secondary N) is 1. The largest absolute Gasteiger partial charge is 0.310 e. The van der Waals surface area contributed by atoms with Crippen LogP contribution in [0.15, 0.2) is 35.1 Å². The Morgan fingerprint density at radius 2 is 1.79 bits per heavy atom. The second-order valence-corrected chi connectivity index (χ2v) is 5.99. The summed E-state index contributed by atoms with van der Waals surface area (Å²) in [6.07, 6.45) is 0.652. The van der Waals surface area contributed by atoms with Crippen LogP contribution in [-0.2, 0) is 11.8 Å². The van der Waals surface area contributed by atoms with Crippen molar-refractivity contribution >= 4 is 0 Å². The molecule has 0 bridgehead atoms. The van der Waals surface area contributed by atoms with E-state index in [1.807, 2.05) is 0 Å². The molecule has 3 heteroatoms. The van der Waals surface area contributed by atoms with Gasteiger partial charge in [0.05, 0.1) is 5.69 Å². The number of aromatic nitrogens is 2. The maximum atomic E-state index is 11.7. The van der Waals surface area contributed by atoms with E-state index in [2.05, 4.69) is 61.9 Å². The second kappa shape index (κ2) is 5.00. The first kappa shape index (κ1) is 13.5. The Balaban J connectivity index is 2.33. The van der Waals surface area contributed by atoms with Crippen LogP contribution in [0, 0.1) is 6.92 Å². The molecular weight excluding hydrogens is 236 g/mol. The lowest BCUT2D eigenvalue weighted by atomic mass is 9.92. The lowest BCUT2D eigenvalue weighted by Crippen LogP contribution is -2.21. The van der Waals surface area contributed by atoms with Crippen LogP contribution in [0.1, 0.15) is 43.4 Å². The van der Waals surface area contributed by atoms with Crippen LogP contribution in [-0.4, -0.2) is 9.97 Å². The van der Waals surface area contributed by atoms with Crippen LogP contribution in [0.5, 0.6) is 0 Å². The zero-order valence-electron chi connectivity index (χ0n) is 11.9. The number of H-pyrrole nitrogens is 1. The van der Waals surface area contributed by atoms with Crippen molar-refractivity contribution in [1.82, 2.24) is 9.97 Å². The molecule has 0 saturated carbocycles. The molecule has 2 rings (SSSR count). The van der Waals surface area contributed by atoms with Gasteiger partial charge in [-0.05, 0) is 12.5 Å². The fourth-order valence-electron chi connectivity index (χ4n) is 1.88. The van der Waals surface area contributed by atoms with E-state index >= 15 is 0 Å². The number of benzene rings is 1. The molecule has 1 heterocycles. The molecule has 0 fully saturated rings. The van der Waals surface area contributed by atoms with Crippen molar-refractivity contribution < 1.29 is 0 Å². The average Bonchev–Trinajstić information content (AvgIpc) is 2.30. The third-order valence-corrected chi connectivity index (χ3v) is 3.05. The zero-order chi connectivity index (χ0) is 14.0. The highest BCUT2D eigenvalue weighted by molar-refractivity contribution is 5.24. The van der Waals surface area contributed by atoms with E-state index in [9.17, 15) is 4.79 Å². The molecule has 3 nitrogen and oxygen atoms in total. The van der Waals surface area contributed by atoms with Gasteiger partial charge in [0.15, 0.2) is 0 Å². The molecule has 0 aliphatic rings. The number of rotatable bonds is 2. The molecule has 1 aromatic carbocycles. The van der Waals surface area contributed by atoms with Gasteiger partial charge in [-0.3, -0.25) is 4.79 Å². The van der Waals surface area contributed by atoms with E-state index in [1.165, 1.54) is 5.56 Å². The smallest absolute Gasteiger partial charge is 0.251 e. The molecule has 0 aliphatic carbocycles. The first-order valence-corrected chi connectivity index (χ1v) is 6.51. The first-order valence-electron chi connectivity index (χ1n) is 6.51. The Morgan fingerprint density at radius 3 is 2.37 bits per heavy atom. The standard InChI is InChI=1S/C16H20N2O/c1-11-5-7-12(8-6-11)9-14-17-13(16(2,3)4)10-15(19)18-14/h5-8,10H,9H2,1-4H3,(H,17,18,19). The molecule has 1 aromatic heterocycles. The summed E-state index contributed by atoms with van der Waals surface area (Å²) in [7, 11) is 0. The molecular formula is C16H20N2O. The Bertz CT molecular complexity index is 618. The van der Waals surface area contributed by atoms with Crippen molar-refractivity contribution in [3.8, 4) is 0 Å². The zero-order valence-corrected chi connectivity index (χ0v) is 11.9. The highest BCUT2D eigenvalue weighted by atomic mass is 16.1. The predicted octanol–water partition coefficient (Wildman–Crippen LogP) is 2.97. The summed E-state index contributed by atoms with van der Waals surface area (Å²) in [5, 5.41) is 0. The number of hydrogen-bond donors (Lipinski definition) is 1. The molecule has 2 aromatic rings. The third-order valence-electron chi connectivity index (χ3n) is 3.05. The summed E-state index contributed by atoms with van der Waals surface area (Å²) in [6.45, 7) is 8.24. The number of hydrogen-bond acceptors (Lipinski definition) is 2. The Morgan fingerprint density at radius 1 is 1.16 bits per heavy atom. The SMILES string of the molecule is Cc1ccc(Cc2nc(C(C)(C)C)cc(=O)[nH]2)cc1. The lowest BCUT2D eigenvalue weighted by molar-refractivity contribution is 0.561. The summed E-state index contributed by atoms with van der Waals surface area (Å²) >= 11 is 0. The quantitative estimate of drug-likeness (QED) is 0.898. The Hall–Kier alpha value is -1.90. The Labute approximate surface area is 113 Å².